The summed E-state index contributed by atoms with van der Waals surface area (Å²) in [7, 11) is -1.64. The van der Waals surface area contributed by atoms with E-state index in [-0.39, 0.29) is 55.8 Å². The second kappa shape index (κ2) is 17.6. The minimum absolute atomic E-state index is 0.0179. The highest BCUT2D eigenvalue weighted by molar-refractivity contribution is 7.91. The van der Waals surface area contributed by atoms with Gasteiger partial charge in [-0.3, -0.25) is 19.2 Å². The second-order valence-corrected chi connectivity index (χ2v) is 20.0. The molecule has 21 heteroatoms. The molecular formula is C40H56F4N6O10S. The number of hydrogen-bond acceptors (Lipinski definition) is 13. The van der Waals surface area contributed by atoms with Crippen LogP contribution in [0.4, 0.5) is 22.4 Å². The van der Waals surface area contributed by atoms with E-state index in [2.05, 4.69) is 20.6 Å². The summed E-state index contributed by atoms with van der Waals surface area (Å²) in [6, 6.07) is 1.52. The molecule has 4 fully saturated rings. The van der Waals surface area contributed by atoms with Gasteiger partial charge in [-0.05, 0) is 76.8 Å². The van der Waals surface area contributed by atoms with Crippen molar-refractivity contribution in [1.82, 2.24) is 30.2 Å². The van der Waals surface area contributed by atoms with Gasteiger partial charge in [0.2, 0.25) is 27.5 Å². The van der Waals surface area contributed by atoms with E-state index in [1.165, 1.54) is 37.3 Å². The fourth-order valence-electron chi connectivity index (χ4n) is 8.57. The summed E-state index contributed by atoms with van der Waals surface area (Å²) < 4.78 is 107. The number of alkyl carbamates (subject to hydrolysis) is 1. The zero-order chi connectivity index (χ0) is 44.7. The Morgan fingerprint density at radius 2 is 1.77 bits per heavy atom. The number of hydrogen-bond donors (Lipinski definition) is 4. The lowest BCUT2D eigenvalue weighted by Gasteiger charge is -2.39. The normalized spacial score (nSPS) is 29.8. The first-order chi connectivity index (χ1) is 28.5. The summed E-state index contributed by atoms with van der Waals surface area (Å²) >= 11 is 0. The fraction of sp³-hybridized carbons (Fsp3) is 0.725. The lowest BCUT2D eigenvalue weighted by Crippen LogP contribution is -2.61. The number of ether oxygens (including phenoxy) is 4. The summed E-state index contributed by atoms with van der Waals surface area (Å²) in [6.07, 6.45) is -6.23. The predicted octanol–water partition coefficient (Wildman–Crippen LogP) is 4.38. The number of halogens is 4. The first kappa shape index (κ1) is 46.4. The van der Waals surface area contributed by atoms with Crippen molar-refractivity contribution in [2.75, 3.05) is 34.0 Å². The molecule has 16 nitrogen and oxygen atoms in total. The number of carbonyl (C=O) groups excluding carboxylic acids is 3. The monoisotopic (exact) mass is 888 g/mol. The Morgan fingerprint density at radius 3 is 2.39 bits per heavy atom. The molecule has 3 amide bonds. The van der Waals surface area contributed by atoms with Crippen molar-refractivity contribution in [3.63, 3.8) is 0 Å². The lowest BCUT2D eigenvalue weighted by atomic mass is 9.86. The molecule has 4 aliphatic rings. The van der Waals surface area contributed by atoms with Crippen LogP contribution in [0.3, 0.4) is 0 Å². The number of rotatable bonds is 10. The van der Waals surface area contributed by atoms with Crippen molar-refractivity contribution in [2.24, 2.45) is 17.8 Å². The second-order valence-electron chi connectivity index (χ2n) is 18.0. The van der Waals surface area contributed by atoms with E-state index < -0.39 is 104 Å². The molecule has 2 saturated heterocycles. The van der Waals surface area contributed by atoms with Crippen LogP contribution in [0.1, 0.15) is 91.2 Å². The van der Waals surface area contributed by atoms with Gasteiger partial charge in [0.05, 0.1) is 36.8 Å². The Hall–Kier alpha value is -4.08. The molecule has 1 unspecified atom stereocenters. The van der Waals surface area contributed by atoms with Crippen LogP contribution in [-0.2, 0) is 35.3 Å². The molecule has 4 N–H and O–H groups in total. The lowest BCUT2D eigenvalue weighted by molar-refractivity contribution is -0.143. The molecule has 2 saturated carbocycles. The van der Waals surface area contributed by atoms with Crippen LogP contribution in [0.15, 0.2) is 18.2 Å². The van der Waals surface area contributed by atoms with Gasteiger partial charge in [0.1, 0.15) is 40.6 Å². The largest absolute Gasteiger partial charge is 0.497 e. The number of amides is 3. The molecule has 2 aliphatic carbocycles. The van der Waals surface area contributed by atoms with Crippen LogP contribution in [0.5, 0.6) is 11.6 Å². The zero-order valence-corrected chi connectivity index (χ0v) is 36.0. The highest BCUT2D eigenvalue weighted by Crippen LogP contribution is 2.49. The summed E-state index contributed by atoms with van der Waals surface area (Å²) in [5.74, 6) is -3.54. The van der Waals surface area contributed by atoms with Gasteiger partial charge in [0.25, 0.3) is 5.91 Å². The summed E-state index contributed by atoms with van der Waals surface area (Å²) in [4.78, 5) is 51.2. The number of carbonyl (C=O) groups is 3. The Bertz CT molecular complexity index is 2070. The molecule has 1 aromatic carbocycles. The van der Waals surface area contributed by atoms with Gasteiger partial charge >= 0.3 is 12.3 Å². The summed E-state index contributed by atoms with van der Waals surface area (Å²) in [5.41, 5.74) is -4.17. The fourth-order valence-corrected chi connectivity index (χ4v) is 9.99. The molecule has 0 bridgehead atoms. The Morgan fingerprint density at radius 1 is 1.07 bits per heavy atom. The van der Waals surface area contributed by atoms with Crippen molar-refractivity contribution in [3.05, 3.63) is 23.9 Å². The van der Waals surface area contributed by atoms with Gasteiger partial charge in [-0.2, -0.15) is 13.2 Å². The van der Waals surface area contributed by atoms with Gasteiger partial charge < -0.3 is 34.7 Å². The van der Waals surface area contributed by atoms with Gasteiger partial charge in [0, 0.05) is 32.1 Å². The molecule has 340 valence electrons. The van der Waals surface area contributed by atoms with Crippen LogP contribution >= 0.6 is 0 Å². The molecule has 2 aliphatic heterocycles. The maximum Gasteiger partial charge on any atom is 0.438 e. The first-order valence-electron chi connectivity index (χ1n) is 20.5. The van der Waals surface area contributed by atoms with Gasteiger partial charge in [0.15, 0.2) is 0 Å². The van der Waals surface area contributed by atoms with Crippen molar-refractivity contribution in [3.8, 4) is 11.6 Å². The number of benzene rings is 1. The molecule has 61 heavy (non-hydrogen) atoms. The number of sulfonamides is 1. The Kier molecular flexibility index (Phi) is 13.4. The van der Waals surface area contributed by atoms with Gasteiger partial charge in [-0.15, -0.1) is 0 Å². The minimum Gasteiger partial charge on any atom is -0.497 e. The van der Waals surface area contributed by atoms with Crippen molar-refractivity contribution < 1.29 is 64.4 Å². The average Bonchev–Trinajstić information content (AvgIpc) is 4.08. The molecule has 0 spiro atoms. The van der Waals surface area contributed by atoms with Gasteiger partial charge in [-0.1, -0.05) is 26.2 Å². The van der Waals surface area contributed by atoms with Crippen molar-refractivity contribution in [2.45, 2.75) is 132 Å². The van der Waals surface area contributed by atoms with E-state index in [0.29, 0.717) is 37.9 Å². The quantitative estimate of drug-likeness (QED) is 0.245. The van der Waals surface area contributed by atoms with Crippen LogP contribution in [0, 0.1) is 17.8 Å². The number of fused-ring (bicyclic) bond motifs is 3. The molecular weight excluding hydrogens is 833 g/mol. The van der Waals surface area contributed by atoms with Crippen LogP contribution in [-0.4, -0.2) is 121 Å². The smallest absolute Gasteiger partial charge is 0.438 e. The van der Waals surface area contributed by atoms with Crippen LogP contribution < -0.4 is 24.8 Å². The highest BCUT2D eigenvalue weighted by atomic mass is 32.2. The van der Waals surface area contributed by atoms with Crippen molar-refractivity contribution in [1.29, 1.82) is 0 Å². The number of nitrogens with one attached hydrogen (secondary N) is 3. The molecule has 6 rings (SSSR count). The van der Waals surface area contributed by atoms with E-state index in [0.717, 1.165) is 0 Å². The van der Waals surface area contributed by atoms with E-state index in [9.17, 15) is 45.5 Å². The molecule has 8 atom stereocenters. The third kappa shape index (κ3) is 10.3. The number of aliphatic hydroxyl groups is 1. The summed E-state index contributed by atoms with van der Waals surface area (Å²) in [6.45, 7) is 5.44. The Labute approximate surface area is 352 Å². The number of aromatic nitrogens is 2. The van der Waals surface area contributed by atoms with Crippen molar-refractivity contribution >= 4 is 39.0 Å². The molecule has 3 heterocycles. The first-order valence-corrected chi connectivity index (χ1v) is 22.0. The van der Waals surface area contributed by atoms with E-state index in [4.69, 9.17) is 18.9 Å². The third-order valence-corrected chi connectivity index (χ3v) is 14.2. The molecule has 1 aromatic heterocycles. The average molecular weight is 889 g/mol. The topological polar surface area (TPSA) is 208 Å². The number of aliphatic hydroxyl groups excluding tert-OH is 1. The summed E-state index contributed by atoms with van der Waals surface area (Å²) in [5, 5.41) is 17.9. The maximum atomic E-state index is 14.6. The number of alkyl halides is 4. The van der Waals surface area contributed by atoms with E-state index in [1.807, 2.05) is 11.6 Å². The SMILES string of the molecule is COC[C@@H]1C[C@H](C)CCCC[C@@H]2C[C@@]2(C(=O)NS(=O)(=O)C2(CF)CC2)NC(=O)[C@@H]2C[C@@H](Oc3nc4cc(OC)ccc4nc3C(F)(F)F)CN2C(O)[C@H]1NC(=O)OC(C)(C)C. The maximum absolute atomic E-state index is 14.6. The highest BCUT2D eigenvalue weighted by Gasteiger charge is 2.64. The molecule has 0 radical (unpaired) electrons. The number of nitrogens with zero attached hydrogens (tertiary/aromatic N) is 3. The third-order valence-electron chi connectivity index (χ3n) is 12.1. The van der Waals surface area contributed by atoms with E-state index >= 15 is 0 Å². The minimum atomic E-state index is -5.02. The Balaban J connectivity index is 1.40. The van der Waals surface area contributed by atoms with Gasteiger partial charge in [-0.25, -0.2) is 27.6 Å². The van der Waals surface area contributed by atoms with Crippen LogP contribution in [0.2, 0.25) is 0 Å². The zero-order valence-electron chi connectivity index (χ0n) is 35.1. The predicted molar refractivity (Wildman–Crippen MR) is 211 cm³/mol. The van der Waals surface area contributed by atoms with Crippen LogP contribution in [0.25, 0.3) is 11.0 Å². The standard InChI is InChI=1S/C40H56F4N6O10S/c1-22-9-7-8-10-24-18-39(24,35(53)49-61(55,56)38(21-41)13-14-38)48-32(51)29-17-26(59-33-31(40(42,43)44)45-27-12-11-25(58-6)16-28(27)46-33)19-50(29)34(52)30(23(15-22)20-57-5)47-36(54)60-37(2,3)4/h11-12,16,22-24,26,29-30,34,52H,7-10,13-15,17-21H2,1-6H3,(H,47,54)(H,48,51)(H,49,53)/t22-,23+,24-,26-,29+,30+,34?,39-/m1/s1. The molecule has 2 aromatic rings. The number of methoxy groups -OCH3 is 2. The van der Waals surface area contributed by atoms with E-state index in [1.54, 1.807) is 20.8 Å².